The molecule has 1 fully saturated rings. The van der Waals surface area contributed by atoms with Crippen molar-refractivity contribution in [1.82, 2.24) is 4.98 Å². The second kappa shape index (κ2) is 4.38. The van der Waals surface area contributed by atoms with Crippen LogP contribution >= 0.6 is 11.3 Å². The fourth-order valence-corrected chi connectivity index (χ4v) is 2.59. The van der Waals surface area contributed by atoms with Gasteiger partial charge in [-0.25, -0.2) is 4.98 Å². The fourth-order valence-electron chi connectivity index (χ4n) is 1.54. The molecule has 0 bridgehead atoms. The van der Waals surface area contributed by atoms with Crippen molar-refractivity contribution in [3.8, 4) is 0 Å². The van der Waals surface area contributed by atoms with Gasteiger partial charge in [-0.05, 0) is 12.8 Å². The minimum atomic E-state index is 0.188. The summed E-state index contributed by atoms with van der Waals surface area (Å²) in [6, 6.07) is 0. The highest BCUT2D eigenvalue weighted by atomic mass is 32.1. The minimum Gasteiger partial charge on any atom is -0.396 e. The van der Waals surface area contributed by atoms with Crippen LogP contribution in [0.5, 0.6) is 0 Å². The van der Waals surface area contributed by atoms with E-state index >= 15 is 0 Å². The van der Waals surface area contributed by atoms with E-state index < -0.39 is 0 Å². The standard InChI is InChI=1S/C10H15NO2S/c1-7(6-12)9-5-11-10(14-9)8-3-2-4-13-8/h5,7-8,12H,2-4,6H2,1H3. The lowest BCUT2D eigenvalue weighted by atomic mass is 10.2. The van der Waals surface area contributed by atoms with Gasteiger partial charge >= 0.3 is 0 Å². The molecule has 1 aromatic rings. The van der Waals surface area contributed by atoms with Crippen molar-refractivity contribution in [3.05, 3.63) is 16.1 Å². The van der Waals surface area contributed by atoms with Crippen LogP contribution in [0, 0.1) is 0 Å². The van der Waals surface area contributed by atoms with E-state index in [1.165, 1.54) is 0 Å². The predicted octanol–water partition coefficient (Wildman–Crippen LogP) is 2.09. The Morgan fingerprint density at radius 3 is 3.29 bits per heavy atom. The Hall–Kier alpha value is -0.450. The number of hydrogen-bond donors (Lipinski definition) is 1. The molecule has 0 saturated carbocycles. The summed E-state index contributed by atoms with van der Waals surface area (Å²) >= 11 is 1.67. The van der Waals surface area contributed by atoms with E-state index in [4.69, 9.17) is 9.84 Å². The summed E-state index contributed by atoms with van der Waals surface area (Å²) in [5.74, 6) is 0.197. The Kier molecular flexibility index (Phi) is 3.15. The zero-order valence-corrected chi connectivity index (χ0v) is 9.09. The first-order valence-electron chi connectivity index (χ1n) is 4.99. The lowest BCUT2D eigenvalue weighted by Crippen LogP contribution is -1.95. The molecule has 1 aliphatic heterocycles. The summed E-state index contributed by atoms with van der Waals surface area (Å²) in [6.07, 6.45) is 4.29. The Labute approximate surface area is 87.7 Å². The predicted molar refractivity (Wildman–Crippen MR) is 55.5 cm³/mol. The minimum absolute atomic E-state index is 0.188. The van der Waals surface area contributed by atoms with Gasteiger partial charge in [-0.15, -0.1) is 11.3 Å². The molecule has 1 aliphatic rings. The Bertz CT molecular complexity index is 294. The zero-order valence-electron chi connectivity index (χ0n) is 8.27. The molecular weight excluding hydrogens is 198 g/mol. The molecule has 2 rings (SSSR count). The number of aliphatic hydroxyl groups excluding tert-OH is 1. The molecule has 1 N–H and O–H groups in total. The van der Waals surface area contributed by atoms with E-state index in [0.717, 1.165) is 29.3 Å². The van der Waals surface area contributed by atoms with Crippen molar-refractivity contribution in [1.29, 1.82) is 0 Å². The van der Waals surface area contributed by atoms with Crippen molar-refractivity contribution >= 4 is 11.3 Å². The first-order valence-corrected chi connectivity index (χ1v) is 5.81. The lowest BCUT2D eigenvalue weighted by Gasteiger charge is -2.04. The van der Waals surface area contributed by atoms with Gasteiger partial charge in [-0.1, -0.05) is 6.92 Å². The van der Waals surface area contributed by atoms with Gasteiger partial charge in [0.2, 0.25) is 0 Å². The molecule has 1 saturated heterocycles. The van der Waals surface area contributed by atoms with Gasteiger partial charge in [0.1, 0.15) is 11.1 Å². The fraction of sp³-hybridized carbons (Fsp3) is 0.700. The molecule has 1 aromatic heterocycles. The monoisotopic (exact) mass is 213 g/mol. The molecule has 0 amide bonds. The van der Waals surface area contributed by atoms with Crippen LogP contribution in [0.15, 0.2) is 6.20 Å². The number of nitrogens with zero attached hydrogens (tertiary/aromatic N) is 1. The average molecular weight is 213 g/mol. The van der Waals surface area contributed by atoms with Gasteiger partial charge in [-0.3, -0.25) is 0 Å². The van der Waals surface area contributed by atoms with Crippen LogP contribution in [-0.2, 0) is 4.74 Å². The van der Waals surface area contributed by atoms with Gasteiger partial charge in [0.05, 0.1) is 6.61 Å². The first kappa shape index (κ1) is 10.1. The molecule has 4 heteroatoms. The van der Waals surface area contributed by atoms with Gasteiger partial charge in [0.15, 0.2) is 0 Å². The summed E-state index contributed by atoms with van der Waals surface area (Å²) < 4.78 is 5.55. The molecular formula is C10H15NO2S. The second-order valence-electron chi connectivity index (χ2n) is 3.69. The number of aliphatic hydroxyl groups is 1. The van der Waals surface area contributed by atoms with E-state index in [9.17, 15) is 0 Å². The molecule has 0 radical (unpaired) electrons. The van der Waals surface area contributed by atoms with Crippen molar-refractivity contribution in [2.45, 2.75) is 31.8 Å². The molecule has 14 heavy (non-hydrogen) atoms. The third kappa shape index (κ3) is 1.97. The van der Waals surface area contributed by atoms with Crippen LogP contribution in [-0.4, -0.2) is 23.3 Å². The Balaban J connectivity index is 2.08. The molecule has 78 valence electrons. The van der Waals surface area contributed by atoms with Crippen LogP contribution in [0.2, 0.25) is 0 Å². The molecule has 3 nitrogen and oxygen atoms in total. The quantitative estimate of drug-likeness (QED) is 0.836. The van der Waals surface area contributed by atoms with Crippen LogP contribution in [0.3, 0.4) is 0 Å². The smallest absolute Gasteiger partial charge is 0.122 e. The maximum Gasteiger partial charge on any atom is 0.122 e. The van der Waals surface area contributed by atoms with E-state index in [-0.39, 0.29) is 18.6 Å². The molecule has 0 aromatic carbocycles. The van der Waals surface area contributed by atoms with Crippen molar-refractivity contribution in [2.24, 2.45) is 0 Å². The number of ether oxygens (including phenoxy) is 1. The lowest BCUT2D eigenvalue weighted by molar-refractivity contribution is 0.111. The van der Waals surface area contributed by atoms with Crippen molar-refractivity contribution in [3.63, 3.8) is 0 Å². The third-order valence-electron chi connectivity index (χ3n) is 2.51. The van der Waals surface area contributed by atoms with Gasteiger partial charge in [0, 0.05) is 23.6 Å². The highest BCUT2D eigenvalue weighted by Gasteiger charge is 2.21. The normalized spacial score (nSPS) is 24.0. The topological polar surface area (TPSA) is 42.4 Å². The maximum atomic E-state index is 9.01. The molecule has 0 aliphatic carbocycles. The average Bonchev–Trinajstić information content (AvgIpc) is 2.86. The highest BCUT2D eigenvalue weighted by Crippen LogP contribution is 2.33. The van der Waals surface area contributed by atoms with Crippen LogP contribution in [0.4, 0.5) is 0 Å². The number of thiazole rings is 1. The molecule has 0 spiro atoms. The summed E-state index contributed by atoms with van der Waals surface area (Å²) in [5.41, 5.74) is 0. The second-order valence-corrected chi connectivity index (χ2v) is 4.78. The number of rotatable bonds is 3. The Morgan fingerprint density at radius 1 is 1.79 bits per heavy atom. The summed E-state index contributed by atoms with van der Waals surface area (Å²) in [7, 11) is 0. The van der Waals surface area contributed by atoms with Gasteiger partial charge in [-0.2, -0.15) is 0 Å². The largest absolute Gasteiger partial charge is 0.396 e. The van der Waals surface area contributed by atoms with Crippen molar-refractivity contribution < 1.29 is 9.84 Å². The summed E-state index contributed by atoms with van der Waals surface area (Å²) in [4.78, 5) is 5.50. The van der Waals surface area contributed by atoms with E-state index in [1.807, 2.05) is 13.1 Å². The van der Waals surface area contributed by atoms with Gasteiger partial charge < -0.3 is 9.84 Å². The number of aromatic nitrogens is 1. The Morgan fingerprint density at radius 2 is 2.64 bits per heavy atom. The van der Waals surface area contributed by atoms with Gasteiger partial charge in [0.25, 0.3) is 0 Å². The summed E-state index contributed by atoms with van der Waals surface area (Å²) in [5, 5.41) is 10.1. The number of hydrogen-bond acceptors (Lipinski definition) is 4. The van der Waals surface area contributed by atoms with Crippen LogP contribution in [0.25, 0.3) is 0 Å². The third-order valence-corrected chi connectivity index (χ3v) is 3.83. The highest BCUT2D eigenvalue weighted by molar-refractivity contribution is 7.11. The zero-order chi connectivity index (χ0) is 9.97. The first-order chi connectivity index (χ1) is 6.81. The van der Waals surface area contributed by atoms with E-state index in [1.54, 1.807) is 11.3 Å². The van der Waals surface area contributed by atoms with Crippen LogP contribution < -0.4 is 0 Å². The SMILES string of the molecule is CC(CO)c1cnc(C2CCCO2)s1. The molecule has 2 atom stereocenters. The van der Waals surface area contributed by atoms with Crippen molar-refractivity contribution in [2.75, 3.05) is 13.2 Å². The van der Waals surface area contributed by atoms with E-state index in [0.29, 0.717) is 0 Å². The maximum absolute atomic E-state index is 9.01. The molecule has 2 unspecified atom stereocenters. The van der Waals surface area contributed by atoms with E-state index in [2.05, 4.69) is 4.98 Å². The van der Waals surface area contributed by atoms with Crippen LogP contribution in [0.1, 0.15) is 41.7 Å². The molecule has 2 heterocycles. The summed E-state index contributed by atoms with van der Waals surface area (Å²) in [6.45, 7) is 3.05.